The Morgan fingerprint density at radius 2 is 1.93 bits per heavy atom. The minimum absolute atomic E-state index is 0.0490. The van der Waals surface area contributed by atoms with Crippen LogP contribution in [0.3, 0.4) is 0 Å². The standard InChI is InChI=1S/C20H27N3O4S/c1-22(2)28(25,26)17-9-6-8-16(14-17)20(24)21-15-18(19-10-7-13-27-19)23-11-4-3-5-12-23/h6-10,13-14,18H,3-5,11-12,15H2,1-2H3,(H,21,24)/p+1/t18-/m1/s1. The van der Waals surface area contributed by atoms with E-state index in [-0.39, 0.29) is 16.8 Å². The molecule has 1 aliphatic heterocycles. The Morgan fingerprint density at radius 1 is 1.18 bits per heavy atom. The highest BCUT2D eigenvalue weighted by Gasteiger charge is 2.29. The number of carbonyl (C=O) groups excluding carboxylic acids is 1. The van der Waals surface area contributed by atoms with Crippen molar-refractivity contribution in [1.82, 2.24) is 9.62 Å². The Morgan fingerprint density at radius 3 is 2.57 bits per heavy atom. The molecule has 1 aromatic heterocycles. The normalized spacial score (nSPS) is 16.8. The van der Waals surface area contributed by atoms with E-state index in [1.807, 2.05) is 12.1 Å². The second kappa shape index (κ2) is 8.89. The van der Waals surface area contributed by atoms with Gasteiger partial charge in [-0.1, -0.05) is 6.07 Å². The molecule has 1 aromatic carbocycles. The van der Waals surface area contributed by atoms with Crippen molar-refractivity contribution in [2.45, 2.75) is 30.2 Å². The van der Waals surface area contributed by atoms with Crippen molar-refractivity contribution in [2.75, 3.05) is 33.7 Å². The van der Waals surface area contributed by atoms with E-state index < -0.39 is 10.0 Å². The summed E-state index contributed by atoms with van der Waals surface area (Å²) in [6.07, 6.45) is 5.24. The molecule has 0 unspecified atom stereocenters. The lowest BCUT2D eigenvalue weighted by molar-refractivity contribution is -0.936. The van der Waals surface area contributed by atoms with E-state index in [2.05, 4.69) is 5.32 Å². The SMILES string of the molecule is CN(C)S(=O)(=O)c1cccc(C(=O)NC[C@H](c2ccco2)[NH+]2CCCCC2)c1. The number of hydrogen-bond acceptors (Lipinski definition) is 4. The van der Waals surface area contributed by atoms with Crippen molar-refractivity contribution in [2.24, 2.45) is 0 Å². The number of likely N-dealkylation sites (tertiary alicyclic amines) is 1. The molecule has 2 heterocycles. The van der Waals surface area contributed by atoms with Crippen molar-refractivity contribution < 1.29 is 22.5 Å². The summed E-state index contributed by atoms with van der Waals surface area (Å²) >= 11 is 0. The summed E-state index contributed by atoms with van der Waals surface area (Å²) in [5, 5.41) is 2.96. The number of carbonyl (C=O) groups is 1. The third-order valence-corrected chi connectivity index (χ3v) is 7.03. The van der Waals surface area contributed by atoms with E-state index in [1.165, 1.54) is 50.4 Å². The zero-order valence-electron chi connectivity index (χ0n) is 16.3. The second-order valence-corrected chi connectivity index (χ2v) is 9.46. The molecule has 0 radical (unpaired) electrons. The van der Waals surface area contributed by atoms with Crippen LogP contribution in [0, 0.1) is 0 Å². The number of nitrogens with zero attached hydrogens (tertiary/aromatic N) is 1. The first kappa shape index (κ1) is 20.6. The van der Waals surface area contributed by atoms with Gasteiger partial charge in [-0.25, -0.2) is 12.7 Å². The van der Waals surface area contributed by atoms with E-state index in [1.54, 1.807) is 18.4 Å². The Hall–Kier alpha value is -2.16. The molecule has 28 heavy (non-hydrogen) atoms. The molecule has 8 heteroatoms. The zero-order chi connectivity index (χ0) is 20.1. The number of furan rings is 1. The molecule has 7 nitrogen and oxygen atoms in total. The molecule has 0 spiro atoms. The van der Waals surface area contributed by atoms with Gasteiger partial charge in [0.15, 0.2) is 11.8 Å². The molecule has 1 saturated heterocycles. The Labute approximate surface area is 166 Å². The number of benzene rings is 1. The highest BCUT2D eigenvalue weighted by molar-refractivity contribution is 7.89. The number of sulfonamides is 1. The Bertz CT molecular complexity index is 888. The summed E-state index contributed by atoms with van der Waals surface area (Å²) in [4.78, 5) is 14.2. The van der Waals surface area contributed by atoms with Gasteiger partial charge in [0.2, 0.25) is 10.0 Å². The minimum atomic E-state index is -3.58. The molecule has 2 aromatic rings. The number of rotatable bonds is 7. The maximum absolute atomic E-state index is 12.7. The molecule has 0 bridgehead atoms. The van der Waals surface area contributed by atoms with Gasteiger partial charge in [-0.2, -0.15) is 0 Å². The molecule has 1 amide bonds. The second-order valence-electron chi connectivity index (χ2n) is 7.31. The highest BCUT2D eigenvalue weighted by atomic mass is 32.2. The lowest BCUT2D eigenvalue weighted by atomic mass is 10.1. The van der Waals surface area contributed by atoms with Gasteiger partial charge in [-0.05, 0) is 49.6 Å². The summed E-state index contributed by atoms with van der Waals surface area (Å²) in [5.41, 5.74) is 0.328. The summed E-state index contributed by atoms with van der Waals surface area (Å²) in [6, 6.07) is 9.99. The van der Waals surface area contributed by atoms with Crippen LogP contribution >= 0.6 is 0 Å². The maximum atomic E-state index is 12.7. The number of amides is 1. The molecular formula is C20H28N3O4S+. The first-order valence-electron chi connectivity index (χ1n) is 9.58. The monoisotopic (exact) mass is 406 g/mol. The Balaban J connectivity index is 1.73. The van der Waals surface area contributed by atoms with E-state index in [0.717, 1.165) is 23.2 Å². The van der Waals surface area contributed by atoms with Crippen LogP contribution in [0.5, 0.6) is 0 Å². The maximum Gasteiger partial charge on any atom is 0.251 e. The van der Waals surface area contributed by atoms with Gasteiger partial charge in [0, 0.05) is 19.7 Å². The van der Waals surface area contributed by atoms with Crippen molar-refractivity contribution in [3.05, 3.63) is 54.0 Å². The predicted octanol–water partition coefficient (Wildman–Crippen LogP) is 1.07. The van der Waals surface area contributed by atoms with Crippen LogP contribution in [0.15, 0.2) is 52.0 Å². The lowest BCUT2D eigenvalue weighted by Gasteiger charge is -2.30. The number of piperidine rings is 1. The van der Waals surface area contributed by atoms with Gasteiger partial charge in [0.05, 0.1) is 30.8 Å². The first-order chi connectivity index (χ1) is 13.4. The van der Waals surface area contributed by atoms with Crippen LogP contribution < -0.4 is 10.2 Å². The van der Waals surface area contributed by atoms with Crippen molar-refractivity contribution in [3.63, 3.8) is 0 Å². The third-order valence-electron chi connectivity index (χ3n) is 5.22. The molecule has 0 saturated carbocycles. The quantitative estimate of drug-likeness (QED) is 0.721. The van der Waals surface area contributed by atoms with Gasteiger partial charge in [0.1, 0.15) is 0 Å². The van der Waals surface area contributed by atoms with Crippen molar-refractivity contribution in [3.8, 4) is 0 Å². The number of hydrogen-bond donors (Lipinski definition) is 2. The lowest BCUT2D eigenvalue weighted by Crippen LogP contribution is -3.13. The molecule has 0 aliphatic carbocycles. The fourth-order valence-corrected chi connectivity index (χ4v) is 4.54. The van der Waals surface area contributed by atoms with Crippen LogP contribution in [-0.4, -0.2) is 52.4 Å². The average molecular weight is 407 g/mol. The van der Waals surface area contributed by atoms with Gasteiger partial charge in [-0.3, -0.25) is 4.79 Å². The highest BCUT2D eigenvalue weighted by Crippen LogP contribution is 2.16. The van der Waals surface area contributed by atoms with E-state index >= 15 is 0 Å². The van der Waals surface area contributed by atoms with Gasteiger partial charge >= 0.3 is 0 Å². The zero-order valence-corrected chi connectivity index (χ0v) is 17.2. The number of nitrogens with one attached hydrogen (secondary N) is 2. The van der Waals surface area contributed by atoms with Crippen LogP contribution in [0.2, 0.25) is 0 Å². The molecule has 2 N–H and O–H groups in total. The summed E-state index contributed by atoms with van der Waals surface area (Å²) in [7, 11) is -0.643. The van der Waals surface area contributed by atoms with E-state index in [4.69, 9.17) is 4.42 Å². The van der Waals surface area contributed by atoms with Crippen LogP contribution in [0.1, 0.15) is 41.4 Å². The molecular weight excluding hydrogens is 378 g/mol. The van der Waals surface area contributed by atoms with Crippen molar-refractivity contribution in [1.29, 1.82) is 0 Å². The fraction of sp³-hybridized carbons (Fsp3) is 0.450. The third kappa shape index (κ3) is 4.63. The van der Waals surface area contributed by atoms with Gasteiger partial charge in [-0.15, -0.1) is 0 Å². The summed E-state index contributed by atoms with van der Waals surface area (Å²) < 4.78 is 31.4. The molecule has 3 rings (SSSR count). The molecule has 1 atom stereocenters. The van der Waals surface area contributed by atoms with E-state index in [9.17, 15) is 13.2 Å². The average Bonchev–Trinajstić information content (AvgIpc) is 3.23. The van der Waals surface area contributed by atoms with Crippen LogP contribution in [0.25, 0.3) is 0 Å². The first-order valence-corrected chi connectivity index (χ1v) is 11.0. The Kier molecular flexibility index (Phi) is 6.53. The van der Waals surface area contributed by atoms with E-state index in [0.29, 0.717) is 12.1 Å². The summed E-state index contributed by atoms with van der Waals surface area (Å²) in [6.45, 7) is 2.54. The molecule has 1 aliphatic rings. The summed E-state index contributed by atoms with van der Waals surface area (Å²) in [5.74, 6) is 0.574. The molecule has 152 valence electrons. The largest absolute Gasteiger partial charge is 0.463 e. The van der Waals surface area contributed by atoms with Gasteiger partial charge < -0.3 is 14.6 Å². The molecule has 1 fully saturated rings. The fourth-order valence-electron chi connectivity index (χ4n) is 3.60. The predicted molar refractivity (Wildman–Crippen MR) is 106 cm³/mol. The number of quaternary nitrogens is 1. The van der Waals surface area contributed by atoms with Crippen molar-refractivity contribution >= 4 is 15.9 Å². The topological polar surface area (TPSA) is 84.1 Å². The minimum Gasteiger partial charge on any atom is -0.463 e. The van der Waals surface area contributed by atoms with Gasteiger partial charge in [0.25, 0.3) is 5.91 Å². The smallest absolute Gasteiger partial charge is 0.251 e. The van der Waals surface area contributed by atoms with Crippen LogP contribution in [-0.2, 0) is 10.0 Å². The van der Waals surface area contributed by atoms with Crippen LogP contribution in [0.4, 0.5) is 0 Å².